The number of nitrogens with one attached hydrogen (secondary N) is 1. The molecule has 1 unspecified atom stereocenters. The van der Waals surface area contributed by atoms with Crippen LogP contribution in [0.1, 0.15) is 32.3 Å². The third-order valence-corrected chi connectivity index (χ3v) is 3.43. The van der Waals surface area contributed by atoms with Gasteiger partial charge in [0.1, 0.15) is 0 Å². The van der Waals surface area contributed by atoms with E-state index in [-0.39, 0.29) is 0 Å². The molecule has 0 saturated carbocycles. The number of rotatable bonds is 8. The van der Waals surface area contributed by atoms with Crippen molar-refractivity contribution in [3.63, 3.8) is 0 Å². The highest BCUT2D eigenvalue weighted by Gasteiger charge is 2.13. The molecule has 0 radical (unpaired) electrons. The summed E-state index contributed by atoms with van der Waals surface area (Å²) in [4.78, 5) is 2.41. The standard InChI is InChI=1S/C15H25ClN2/c1-4-7-15(11-17-5-2)18(3)12-13-8-6-9-14(16)10-13/h6,8-10,15,17H,4-5,7,11-12H2,1-3H3. The molecule has 1 N–H and O–H groups in total. The summed E-state index contributed by atoms with van der Waals surface area (Å²) in [6.45, 7) is 7.44. The number of nitrogens with zero attached hydrogens (tertiary/aromatic N) is 1. The van der Waals surface area contributed by atoms with Crippen LogP contribution in [0.15, 0.2) is 24.3 Å². The highest BCUT2D eigenvalue weighted by atomic mass is 35.5. The van der Waals surface area contributed by atoms with Gasteiger partial charge in [0.25, 0.3) is 0 Å². The summed E-state index contributed by atoms with van der Waals surface area (Å²) in [5.74, 6) is 0. The lowest BCUT2D eigenvalue weighted by atomic mass is 10.1. The van der Waals surface area contributed by atoms with Crippen molar-refractivity contribution in [2.24, 2.45) is 0 Å². The van der Waals surface area contributed by atoms with E-state index in [1.54, 1.807) is 0 Å². The summed E-state index contributed by atoms with van der Waals surface area (Å²) in [5, 5.41) is 4.26. The van der Waals surface area contributed by atoms with Gasteiger partial charge < -0.3 is 5.32 Å². The molecule has 1 rings (SSSR count). The minimum atomic E-state index is 0.592. The van der Waals surface area contributed by atoms with Crippen LogP contribution in [0.5, 0.6) is 0 Å². The van der Waals surface area contributed by atoms with Crippen molar-refractivity contribution < 1.29 is 0 Å². The van der Waals surface area contributed by atoms with Crippen molar-refractivity contribution in [1.82, 2.24) is 10.2 Å². The van der Waals surface area contributed by atoms with Gasteiger partial charge in [0.05, 0.1) is 0 Å². The maximum Gasteiger partial charge on any atom is 0.0409 e. The Balaban J connectivity index is 2.56. The van der Waals surface area contributed by atoms with Gasteiger partial charge in [-0.15, -0.1) is 0 Å². The van der Waals surface area contributed by atoms with E-state index in [1.165, 1.54) is 18.4 Å². The lowest BCUT2D eigenvalue weighted by molar-refractivity contribution is 0.215. The molecule has 0 heterocycles. The summed E-state index contributed by atoms with van der Waals surface area (Å²) in [7, 11) is 2.19. The fourth-order valence-corrected chi connectivity index (χ4v) is 2.39. The molecule has 0 bridgehead atoms. The van der Waals surface area contributed by atoms with E-state index in [4.69, 9.17) is 11.6 Å². The predicted octanol–water partition coefficient (Wildman–Crippen LogP) is 3.55. The average molecular weight is 269 g/mol. The molecule has 3 heteroatoms. The number of hydrogen-bond acceptors (Lipinski definition) is 2. The highest BCUT2D eigenvalue weighted by Crippen LogP contribution is 2.14. The second-order valence-corrected chi connectivity index (χ2v) is 5.23. The van der Waals surface area contributed by atoms with Crippen molar-refractivity contribution in [2.45, 2.75) is 39.3 Å². The van der Waals surface area contributed by atoms with Gasteiger partial charge in [0.15, 0.2) is 0 Å². The van der Waals surface area contributed by atoms with Gasteiger partial charge in [-0.2, -0.15) is 0 Å². The van der Waals surface area contributed by atoms with Gasteiger partial charge in [-0.3, -0.25) is 4.90 Å². The molecule has 0 aliphatic heterocycles. The summed E-state index contributed by atoms with van der Waals surface area (Å²) in [5.41, 5.74) is 1.28. The van der Waals surface area contributed by atoms with Crippen LogP contribution in [0.2, 0.25) is 5.02 Å². The SMILES string of the molecule is CCCC(CNCC)N(C)Cc1cccc(Cl)c1. The van der Waals surface area contributed by atoms with E-state index < -0.39 is 0 Å². The van der Waals surface area contributed by atoms with Crippen LogP contribution in [-0.4, -0.2) is 31.1 Å². The fraction of sp³-hybridized carbons (Fsp3) is 0.600. The zero-order chi connectivity index (χ0) is 13.4. The molecular weight excluding hydrogens is 244 g/mol. The number of hydrogen-bond donors (Lipinski definition) is 1. The summed E-state index contributed by atoms with van der Waals surface area (Å²) in [6, 6.07) is 8.72. The van der Waals surface area contributed by atoms with Crippen molar-refractivity contribution >= 4 is 11.6 Å². The molecule has 1 atom stereocenters. The number of benzene rings is 1. The van der Waals surface area contributed by atoms with Crippen LogP contribution in [0.25, 0.3) is 0 Å². The fourth-order valence-electron chi connectivity index (χ4n) is 2.17. The molecule has 1 aromatic rings. The number of likely N-dealkylation sites (N-methyl/N-ethyl adjacent to an activating group) is 2. The quantitative estimate of drug-likeness (QED) is 0.776. The number of halogens is 1. The normalized spacial score (nSPS) is 12.9. The first-order valence-corrected chi connectivity index (χ1v) is 7.20. The Kier molecular flexibility index (Phi) is 7.33. The first-order chi connectivity index (χ1) is 8.67. The Labute approximate surface area is 116 Å². The Morgan fingerprint density at radius 2 is 2.11 bits per heavy atom. The minimum absolute atomic E-state index is 0.592. The van der Waals surface area contributed by atoms with Crippen LogP contribution < -0.4 is 5.32 Å². The van der Waals surface area contributed by atoms with E-state index in [0.717, 1.165) is 24.7 Å². The summed E-state index contributed by atoms with van der Waals surface area (Å²) < 4.78 is 0. The highest BCUT2D eigenvalue weighted by molar-refractivity contribution is 6.30. The molecule has 0 amide bonds. The zero-order valence-corrected chi connectivity index (χ0v) is 12.5. The first kappa shape index (κ1) is 15.5. The lowest BCUT2D eigenvalue weighted by Crippen LogP contribution is -2.39. The van der Waals surface area contributed by atoms with Crippen LogP contribution in [-0.2, 0) is 6.54 Å². The monoisotopic (exact) mass is 268 g/mol. The Hall–Kier alpha value is -0.570. The Morgan fingerprint density at radius 3 is 2.72 bits per heavy atom. The van der Waals surface area contributed by atoms with Crippen LogP contribution in [0.3, 0.4) is 0 Å². The zero-order valence-electron chi connectivity index (χ0n) is 11.7. The average Bonchev–Trinajstić information content (AvgIpc) is 2.34. The minimum Gasteiger partial charge on any atom is -0.315 e. The van der Waals surface area contributed by atoms with Gasteiger partial charge in [0, 0.05) is 24.2 Å². The lowest BCUT2D eigenvalue weighted by Gasteiger charge is -2.28. The molecule has 0 fully saturated rings. The Bertz CT molecular complexity index is 341. The van der Waals surface area contributed by atoms with E-state index in [1.807, 2.05) is 18.2 Å². The van der Waals surface area contributed by atoms with E-state index in [2.05, 4.69) is 37.2 Å². The van der Waals surface area contributed by atoms with Crippen molar-refractivity contribution in [1.29, 1.82) is 0 Å². The maximum atomic E-state index is 6.02. The molecule has 0 aromatic heterocycles. The molecule has 0 saturated heterocycles. The molecular formula is C15H25ClN2. The second kappa shape index (κ2) is 8.52. The van der Waals surface area contributed by atoms with Gasteiger partial charge in [-0.25, -0.2) is 0 Å². The van der Waals surface area contributed by atoms with Gasteiger partial charge >= 0.3 is 0 Å². The van der Waals surface area contributed by atoms with E-state index in [0.29, 0.717) is 6.04 Å². The molecule has 18 heavy (non-hydrogen) atoms. The van der Waals surface area contributed by atoms with Gasteiger partial charge in [0.2, 0.25) is 0 Å². The molecule has 102 valence electrons. The third kappa shape index (κ3) is 5.38. The molecule has 1 aromatic carbocycles. The summed E-state index contributed by atoms with van der Waals surface area (Å²) >= 11 is 6.02. The maximum absolute atomic E-state index is 6.02. The van der Waals surface area contributed by atoms with Crippen LogP contribution in [0, 0.1) is 0 Å². The van der Waals surface area contributed by atoms with E-state index >= 15 is 0 Å². The molecule has 2 nitrogen and oxygen atoms in total. The van der Waals surface area contributed by atoms with Gasteiger partial charge in [-0.1, -0.05) is 44.0 Å². The Morgan fingerprint density at radius 1 is 1.33 bits per heavy atom. The van der Waals surface area contributed by atoms with E-state index in [9.17, 15) is 0 Å². The van der Waals surface area contributed by atoms with Crippen molar-refractivity contribution in [3.05, 3.63) is 34.9 Å². The largest absolute Gasteiger partial charge is 0.315 e. The van der Waals surface area contributed by atoms with Crippen molar-refractivity contribution in [3.8, 4) is 0 Å². The third-order valence-electron chi connectivity index (χ3n) is 3.20. The van der Waals surface area contributed by atoms with Crippen LogP contribution in [0.4, 0.5) is 0 Å². The summed E-state index contributed by atoms with van der Waals surface area (Å²) in [6.07, 6.45) is 2.44. The molecule has 0 aliphatic rings. The predicted molar refractivity (Wildman–Crippen MR) is 80.2 cm³/mol. The smallest absolute Gasteiger partial charge is 0.0409 e. The molecule has 0 aliphatic carbocycles. The van der Waals surface area contributed by atoms with Crippen LogP contribution >= 0.6 is 11.6 Å². The second-order valence-electron chi connectivity index (χ2n) is 4.80. The van der Waals surface area contributed by atoms with Gasteiger partial charge in [-0.05, 0) is 37.7 Å². The topological polar surface area (TPSA) is 15.3 Å². The molecule has 0 spiro atoms. The van der Waals surface area contributed by atoms with Crippen molar-refractivity contribution in [2.75, 3.05) is 20.1 Å². The first-order valence-electron chi connectivity index (χ1n) is 6.82.